The van der Waals surface area contributed by atoms with Gasteiger partial charge in [0, 0.05) is 11.3 Å². The molecule has 0 saturated heterocycles. The molecule has 3 rings (SSSR count). The van der Waals surface area contributed by atoms with Crippen molar-refractivity contribution in [3.05, 3.63) is 95.6 Å². The minimum Gasteiger partial charge on any atom is -0.326 e. The zero-order chi connectivity index (χ0) is 20.6. The van der Waals surface area contributed by atoms with Crippen molar-refractivity contribution in [1.29, 1.82) is 0 Å². The van der Waals surface area contributed by atoms with Crippen molar-refractivity contribution >= 4 is 23.2 Å². The van der Waals surface area contributed by atoms with Crippen molar-refractivity contribution in [3.63, 3.8) is 0 Å². The van der Waals surface area contributed by atoms with E-state index < -0.39 is 0 Å². The van der Waals surface area contributed by atoms with Crippen LogP contribution in [0.2, 0.25) is 0 Å². The molecule has 2 amide bonds. The monoisotopic (exact) mass is 388 g/mol. The second kappa shape index (κ2) is 9.66. The summed E-state index contributed by atoms with van der Waals surface area (Å²) in [5.41, 5.74) is 4.09. The molecule has 0 aliphatic heterocycles. The molecule has 1 atom stereocenters. The summed E-state index contributed by atoms with van der Waals surface area (Å²) in [6.45, 7) is 3.14. The number of nitrogens with one attached hydrogen (secondary N) is 3. The number of aryl methyl sites for hydroxylation is 1. The highest BCUT2D eigenvalue weighted by Crippen LogP contribution is 2.17. The smallest absolute Gasteiger partial charge is 0.279 e. The fourth-order valence-corrected chi connectivity index (χ4v) is 3.17. The van der Waals surface area contributed by atoms with Gasteiger partial charge in [-0.05, 0) is 36.8 Å². The SMILES string of the molecule is Cc1ccccc1C[NH+](C)CC(=O)Nc1ccccc1C(=O)Nc1ccccc1. The molecule has 3 aromatic rings. The van der Waals surface area contributed by atoms with Crippen molar-refractivity contribution in [2.24, 2.45) is 0 Å². The molecule has 148 valence electrons. The first kappa shape index (κ1) is 20.3. The first-order valence-electron chi connectivity index (χ1n) is 9.64. The molecule has 3 N–H and O–H groups in total. The molecule has 5 nitrogen and oxygen atoms in total. The van der Waals surface area contributed by atoms with Gasteiger partial charge in [0.25, 0.3) is 11.8 Å². The highest BCUT2D eigenvalue weighted by atomic mass is 16.2. The number of rotatable bonds is 7. The maximum absolute atomic E-state index is 12.6. The van der Waals surface area contributed by atoms with E-state index in [4.69, 9.17) is 0 Å². The molecular weight excluding hydrogens is 362 g/mol. The third-order valence-electron chi connectivity index (χ3n) is 4.69. The van der Waals surface area contributed by atoms with Gasteiger partial charge in [-0.2, -0.15) is 0 Å². The molecule has 0 saturated carbocycles. The van der Waals surface area contributed by atoms with E-state index in [0.29, 0.717) is 23.5 Å². The molecule has 0 fully saturated rings. The number of anilines is 2. The average molecular weight is 388 g/mol. The van der Waals surface area contributed by atoms with E-state index >= 15 is 0 Å². The Bertz CT molecular complexity index is 986. The molecule has 0 heterocycles. The van der Waals surface area contributed by atoms with Crippen molar-refractivity contribution in [3.8, 4) is 0 Å². The lowest BCUT2D eigenvalue weighted by atomic mass is 10.1. The lowest BCUT2D eigenvalue weighted by Crippen LogP contribution is -3.08. The molecule has 29 heavy (non-hydrogen) atoms. The summed E-state index contributed by atoms with van der Waals surface area (Å²) in [7, 11) is 1.99. The molecule has 0 radical (unpaired) electrons. The van der Waals surface area contributed by atoms with Crippen molar-refractivity contribution in [2.45, 2.75) is 13.5 Å². The molecule has 0 aromatic heterocycles. The van der Waals surface area contributed by atoms with Crippen LogP contribution in [0, 0.1) is 6.92 Å². The molecule has 3 aromatic carbocycles. The number of benzene rings is 3. The van der Waals surface area contributed by atoms with E-state index in [1.54, 1.807) is 24.3 Å². The van der Waals surface area contributed by atoms with Gasteiger partial charge in [-0.3, -0.25) is 9.59 Å². The van der Waals surface area contributed by atoms with E-state index in [1.807, 2.05) is 49.5 Å². The van der Waals surface area contributed by atoms with Gasteiger partial charge in [0.15, 0.2) is 6.54 Å². The lowest BCUT2D eigenvalue weighted by Gasteiger charge is -2.16. The fraction of sp³-hybridized carbons (Fsp3) is 0.167. The first-order chi connectivity index (χ1) is 14.0. The van der Waals surface area contributed by atoms with E-state index in [1.165, 1.54) is 11.1 Å². The fourth-order valence-electron chi connectivity index (χ4n) is 3.17. The zero-order valence-electron chi connectivity index (χ0n) is 16.7. The number of likely N-dealkylation sites (N-methyl/N-ethyl adjacent to an activating group) is 1. The zero-order valence-corrected chi connectivity index (χ0v) is 16.7. The lowest BCUT2D eigenvalue weighted by molar-refractivity contribution is -0.885. The van der Waals surface area contributed by atoms with Gasteiger partial charge in [0.1, 0.15) is 6.54 Å². The summed E-state index contributed by atoms with van der Waals surface area (Å²) < 4.78 is 0. The molecule has 0 aliphatic rings. The highest BCUT2D eigenvalue weighted by Gasteiger charge is 2.16. The third kappa shape index (κ3) is 5.77. The molecule has 0 spiro atoms. The number of hydrogen-bond acceptors (Lipinski definition) is 2. The van der Waals surface area contributed by atoms with E-state index in [2.05, 4.69) is 29.7 Å². The standard InChI is InChI=1S/C24H25N3O2/c1-18-10-6-7-11-19(18)16-27(2)17-23(28)26-22-15-9-8-14-21(22)24(29)25-20-12-4-3-5-13-20/h3-15H,16-17H2,1-2H3,(H,25,29)(H,26,28)/p+1. The van der Waals surface area contributed by atoms with Crippen LogP contribution in [-0.4, -0.2) is 25.4 Å². The number of amides is 2. The predicted molar refractivity (Wildman–Crippen MR) is 116 cm³/mol. The normalized spacial score (nSPS) is 11.5. The second-order valence-corrected chi connectivity index (χ2v) is 7.15. The number of carbonyl (C=O) groups excluding carboxylic acids is 2. The van der Waals surface area contributed by atoms with Gasteiger partial charge in [-0.1, -0.05) is 54.6 Å². The third-order valence-corrected chi connectivity index (χ3v) is 4.69. The van der Waals surface area contributed by atoms with Crippen molar-refractivity contribution in [2.75, 3.05) is 24.2 Å². The van der Waals surface area contributed by atoms with Gasteiger partial charge >= 0.3 is 0 Å². The topological polar surface area (TPSA) is 62.6 Å². The van der Waals surface area contributed by atoms with Crippen LogP contribution in [0.4, 0.5) is 11.4 Å². The Balaban J connectivity index is 1.63. The summed E-state index contributed by atoms with van der Waals surface area (Å²) in [5, 5.41) is 5.74. The number of para-hydroxylation sites is 2. The Kier molecular flexibility index (Phi) is 6.76. The van der Waals surface area contributed by atoms with Crippen LogP contribution >= 0.6 is 0 Å². The molecule has 1 unspecified atom stereocenters. The Morgan fingerprint density at radius 2 is 1.48 bits per heavy atom. The molecule has 0 bridgehead atoms. The van der Waals surface area contributed by atoms with Crippen LogP contribution in [0.5, 0.6) is 0 Å². The van der Waals surface area contributed by atoms with Gasteiger partial charge in [-0.15, -0.1) is 0 Å². The van der Waals surface area contributed by atoms with Crippen molar-refractivity contribution in [1.82, 2.24) is 0 Å². The summed E-state index contributed by atoms with van der Waals surface area (Å²) >= 11 is 0. The Labute approximate surface area is 171 Å². The van der Waals surface area contributed by atoms with Crippen LogP contribution in [-0.2, 0) is 11.3 Å². The summed E-state index contributed by atoms with van der Waals surface area (Å²) in [4.78, 5) is 26.3. The first-order valence-corrected chi connectivity index (χ1v) is 9.64. The highest BCUT2D eigenvalue weighted by molar-refractivity contribution is 6.10. The van der Waals surface area contributed by atoms with Crippen LogP contribution in [0.25, 0.3) is 0 Å². The van der Waals surface area contributed by atoms with E-state index in [9.17, 15) is 9.59 Å². The van der Waals surface area contributed by atoms with Crippen molar-refractivity contribution < 1.29 is 14.5 Å². The molecular formula is C24H26N3O2+. The molecule has 5 heteroatoms. The minimum absolute atomic E-state index is 0.129. The van der Waals surface area contributed by atoms with Crippen LogP contribution in [0.3, 0.4) is 0 Å². The summed E-state index contributed by atoms with van der Waals surface area (Å²) in [6, 6.07) is 24.5. The average Bonchev–Trinajstić information content (AvgIpc) is 2.70. The Morgan fingerprint density at radius 3 is 2.24 bits per heavy atom. The van der Waals surface area contributed by atoms with Gasteiger partial charge in [0.2, 0.25) is 0 Å². The number of carbonyl (C=O) groups is 2. The minimum atomic E-state index is -0.257. The summed E-state index contributed by atoms with van der Waals surface area (Å²) in [6.07, 6.45) is 0. The number of quaternary nitrogens is 1. The second-order valence-electron chi connectivity index (χ2n) is 7.15. The maximum Gasteiger partial charge on any atom is 0.279 e. The predicted octanol–water partition coefficient (Wildman–Crippen LogP) is 2.90. The van der Waals surface area contributed by atoms with Crippen LogP contribution < -0.4 is 15.5 Å². The molecule has 0 aliphatic carbocycles. The Hall–Kier alpha value is -3.44. The quantitative estimate of drug-likeness (QED) is 0.583. The van der Waals surface area contributed by atoms with Crippen LogP contribution in [0.1, 0.15) is 21.5 Å². The van der Waals surface area contributed by atoms with E-state index in [0.717, 1.165) is 11.4 Å². The van der Waals surface area contributed by atoms with Gasteiger partial charge in [0.05, 0.1) is 18.3 Å². The maximum atomic E-state index is 12.6. The van der Waals surface area contributed by atoms with E-state index in [-0.39, 0.29) is 11.8 Å². The van der Waals surface area contributed by atoms with Gasteiger partial charge in [-0.25, -0.2) is 0 Å². The van der Waals surface area contributed by atoms with Gasteiger partial charge < -0.3 is 15.5 Å². The van der Waals surface area contributed by atoms with Crippen LogP contribution in [0.15, 0.2) is 78.9 Å². The number of hydrogen-bond donors (Lipinski definition) is 3. The largest absolute Gasteiger partial charge is 0.326 e. The Morgan fingerprint density at radius 1 is 0.828 bits per heavy atom. The summed E-state index contributed by atoms with van der Waals surface area (Å²) in [5.74, 6) is -0.385.